The van der Waals surface area contributed by atoms with Gasteiger partial charge in [0.2, 0.25) is 0 Å². The van der Waals surface area contributed by atoms with Crippen LogP contribution in [0.25, 0.3) is 0 Å². The lowest BCUT2D eigenvalue weighted by Crippen LogP contribution is -2.44. The van der Waals surface area contributed by atoms with Gasteiger partial charge in [-0.25, -0.2) is 0 Å². The molecule has 97 heavy (non-hydrogen) atoms. The summed E-state index contributed by atoms with van der Waals surface area (Å²) in [6, 6.07) is 85.5. The zero-order chi connectivity index (χ0) is 69.6. The maximum Gasteiger partial charge on any atom is 0.310 e. The molecule has 0 aliphatic heterocycles. The largest absolute Gasteiger partial charge is 0.458 e. The molecule has 0 aromatic heterocycles. The standard InChI is InChI=1S/C84H108O8Si5/c1-65(89-81(85)61-69-29-17-13-18-30-69)73-37-45-77(46-38-73)93(5,6)53-25-57-97(58-26-54-94(7,8)78-47-39-74(40-48-78)66(2)90-82(86)62-70-31-19-14-20-32-70,59-27-55-95(9,10)79-49-41-75(42-50-79)67(3)91-83(87)63-71-33-21-15-22-34-71)60-28-56-96(11,12)80-51-43-76(44-52-80)68(4)92-84(88)64-72-35-23-16-24-36-72/h13-24,29-52,65-68H,25-28,53-64H2,1-12H3/t65-,66-,67-,68-/m0/s1. The van der Waals surface area contributed by atoms with Crippen LogP contribution in [-0.4, -0.2) is 64.2 Å². The van der Waals surface area contributed by atoms with Crippen LogP contribution in [0.1, 0.15) is 122 Å². The van der Waals surface area contributed by atoms with Crippen LogP contribution < -0.4 is 20.7 Å². The van der Waals surface area contributed by atoms with Crippen LogP contribution in [0.15, 0.2) is 218 Å². The van der Waals surface area contributed by atoms with Crippen LogP contribution in [0, 0.1) is 0 Å². The van der Waals surface area contributed by atoms with Gasteiger partial charge in [0.05, 0.1) is 66.1 Å². The molecule has 13 heteroatoms. The van der Waals surface area contributed by atoms with E-state index >= 15 is 0 Å². The maximum atomic E-state index is 13.0. The first-order valence-electron chi connectivity index (χ1n) is 35.6. The lowest BCUT2D eigenvalue weighted by Gasteiger charge is -2.37. The Morgan fingerprint density at radius 2 is 0.433 bits per heavy atom. The maximum absolute atomic E-state index is 13.0. The monoisotopic (exact) mass is 1380 g/mol. The summed E-state index contributed by atoms with van der Waals surface area (Å²) in [7, 11) is -9.59. The molecule has 8 aromatic carbocycles. The first-order valence-corrected chi connectivity index (χ1v) is 51.3. The number of carbonyl (C=O) groups is 4. The van der Waals surface area contributed by atoms with Crippen LogP contribution in [0.3, 0.4) is 0 Å². The SMILES string of the molecule is C[C@H](OC(=O)Cc1ccccc1)c1ccc([Si](C)(C)CCC[Si](CCC[Si](C)(C)c2ccc([C@H](C)OC(=O)Cc3ccccc3)cc2)(CCC[Si](C)(C)c2ccc([C@H](C)OC(=O)Cc3ccccc3)cc2)CCC[Si](C)(C)c2ccc([C@H](C)OC(=O)Cc3ccccc3)cc2)cc1. The number of ether oxygens (including phenoxy) is 4. The van der Waals surface area contributed by atoms with E-state index in [0.717, 1.165) is 44.5 Å². The van der Waals surface area contributed by atoms with E-state index in [1.165, 1.54) is 94.8 Å². The minimum atomic E-state index is -1.97. The first-order chi connectivity index (χ1) is 46.3. The van der Waals surface area contributed by atoms with Crippen LogP contribution in [0.5, 0.6) is 0 Å². The molecular weight excluding hydrogens is 1280 g/mol. The van der Waals surface area contributed by atoms with E-state index < -0.39 is 40.4 Å². The van der Waals surface area contributed by atoms with Gasteiger partial charge in [-0.15, -0.1) is 0 Å². The molecule has 0 aliphatic rings. The molecule has 0 saturated heterocycles. The summed E-state index contributed by atoms with van der Waals surface area (Å²) in [5.74, 6) is -0.863. The number of hydrogen-bond donors (Lipinski definition) is 0. The van der Waals surface area contributed by atoms with Gasteiger partial charge in [0.25, 0.3) is 0 Å². The van der Waals surface area contributed by atoms with Crippen molar-refractivity contribution in [3.05, 3.63) is 263 Å². The van der Waals surface area contributed by atoms with Gasteiger partial charge in [0, 0.05) is 0 Å². The highest BCUT2D eigenvalue weighted by molar-refractivity contribution is 6.91. The van der Waals surface area contributed by atoms with E-state index in [2.05, 4.69) is 149 Å². The van der Waals surface area contributed by atoms with Crippen molar-refractivity contribution < 1.29 is 38.1 Å². The summed E-state index contributed by atoms with van der Waals surface area (Å²) in [4.78, 5) is 52.1. The molecular formula is C84H108O8Si5. The molecule has 0 saturated carbocycles. The molecule has 8 nitrogen and oxygen atoms in total. The highest BCUT2D eigenvalue weighted by Crippen LogP contribution is 2.38. The molecule has 0 fully saturated rings. The summed E-state index contributed by atoms with van der Waals surface area (Å²) in [5, 5.41) is 5.78. The molecule has 0 spiro atoms. The third-order valence-electron chi connectivity index (χ3n) is 20.7. The fourth-order valence-corrected chi connectivity index (χ4v) is 30.3. The smallest absolute Gasteiger partial charge is 0.310 e. The molecule has 0 bridgehead atoms. The summed E-state index contributed by atoms with van der Waals surface area (Å²) >= 11 is 0. The van der Waals surface area contributed by atoms with Gasteiger partial charge < -0.3 is 18.9 Å². The van der Waals surface area contributed by atoms with Crippen molar-refractivity contribution in [1.29, 1.82) is 0 Å². The minimum absolute atomic E-state index is 0.216. The number of carbonyl (C=O) groups excluding carboxylic acids is 4. The van der Waals surface area contributed by atoms with Gasteiger partial charge in [-0.3, -0.25) is 19.2 Å². The average Bonchev–Trinajstić information content (AvgIpc) is 0.890. The summed E-state index contributed by atoms with van der Waals surface area (Å²) < 4.78 is 23.9. The highest BCUT2D eigenvalue weighted by Gasteiger charge is 2.37. The Bertz CT molecular complexity index is 3230. The molecule has 0 heterocycles. The molecule has 0 amide bonds. The van der Waals surface area contributed by atoms with E-state index in [0.29, 0.717) is 0 Å². The molecule has 8 aromatic rings. The van der Waals surface area contributed by atoms with E-state index in [1.54, 1.807) is 0 Å². The molecule has 512 valence electrons. The van der Waals surface area contributed by atoms with Crippen molar-refractivity contribution in [2.24, 2.45) is 0 Å². The fourth-order valence-electron chi connectivity index (χ4n) is 14.0. The third-order valence-corrected chi connectivity index (χ3v) is 40.3. The molecule has 4 atom stereocenters. The lowest BCUT2D eigenvalue weighted by molar-refractivity contribution is -0.148. The second-order valence-electron chi connectivity index (χ2n) is 30.1. The van der Waals surface area contributed by atoms with Crippen molar-refractivity contribution in [2.75, 3.05) is 0 Å². The van der Waals surface area contributed by atoms with Gasteiger partial charge in [-0.1, -0.05) is 366 Å². The van der Waals surface area contributed by atoms with Crippen LogP contribution in [0.4, 0.5) is 0 Å². The fraction of sp³-hybridized carbons (Fsp3) is 0.381. The molecule has 8 rings (SSSR count). The Labute approximate surface area is 586 Å². The second kappa shape index (κ2) is 35.5. The van der Waals surface area contributed by atoms with Gasteiger partial charge in [0.15, 0.2) is 0 Å². The normalized spacial score (nSPS) is 13.4. The van der Waals surface area contributed by atoms with Crippen molar-refractivity contribution in [2.45, 2.75) is 204 Å². The van der Waals surface area contributed by atoms with E-state index in [9.17, 15) is 19.2 Å². The highest BCUT2D eigenvalue weighted by atomic mass is 28.3. The van der Waals surface area contributed by atoms with Gasteiger partial charge >= 0.3 is 23.9 Å². The van der Waals surface area contributed by atoms with Gasteiger partial charge in [-0.05, 0) is 72.2 Å². The molecule has 0 unspecified atom stereocenters. The molecule has 0 radical (unpaired) electrons. The molecule has 0 aliphatic carbocycles. The number of rotatable bonds is 36. The predicted molar refractivity (Wildman–Crippen MR) is 416 cm³/mol. The zero-order valence-electron chi connectivity index (χ0n) is 60.2. The van der Waals surface area contributed by atoms with Gasteiger partial charge in [-0.2, -0.15) is 0 Å². The average molecular weight is 1390 g/mol. The van der Waals surface area contributed by atoms with E-state index in [4.69, 9.17) is 18.9 Å². The Morgan fingerprint density at radius 3 is 0.608 bits per heavy atom. The van der Waals surface area contributed by atoms with Crippen molar-refractivity contribution in [3.8, 4) is 0 Å². The number of benzene rings is 8. The van der Waals surface area contributed by atoms with Crippen molar-refractivity contribution in [1.82, 2.24) is 0 Å². The number of esters is 4. The first kappa shape index (κ1) is 75.5. The quantitative estimate of drug-likeness (QED) is 0.0217. The Hall–Kier alpha value is -7.28. The Kier molecular flexibility index (Phi) is 27.6. The minimum Gasteiger partial charge on any atom is -0.458 e. The van der Waals surface area contributed by atoms with E-state index in [-0.39, 0.29) is 74.0 Å². The summed E-state index contributed by atoms with van der Waals surface area (Å²) in [6.45, 7) is 28.3. The Morgan fingerprint density at radius 1 is 0.258 bits per heavy atom. The third kappa shape index (κ3) is 23.4. The van der Waals surface area contributed by atoms with E-state index in [1.807, 2.05) is 149 Å². The van der Waals surface area contributed by atoms with Crippen molar-refractivity contribution in [3.63, 3.8) is 0 Å². The summed E-state index contributed by atoms with van der Waals surface area (Å²) in [6.07, 6.45) is 4.58. The molecule has 0 N–H and O–H groups in total. The lowest BCUT2D eigenvalue weighted by atomic mass is 10.1. The topological polar surface area (TPSA) is 105 Å². The number of hydrogen-bond acceptors (Lipinski definition) is 8. The van der Waals surface area contributed by atoms with Crippen molar-refractivity contribution >= 4 is 85.0 Å². The van der Waals surface area contributed by atoms with Crippen LogP contribution in [0.2, 0.25) is 101 Å². The second-order valence-corrected chi connectivity index (χ2v) is 54.5. The van der Waals surface area contributed by atoms with Crippen LogP contribution >= 0.6 is 0 Å². The zero-order valence-corrected chi connectivity index (χ0v) is 65.2. The summed E-state index contributed by atoms with van der Waals surface area (Å²) in [5.41, 5.74) is 7.90. The Balaban J connectivity index is 1.01. The van der Waals surface area contributed by atoms with Gasteiger partial charge in [0.1, 0.15) is 24.4 Å². The predicted octanol–water partition coefficient (Wildman–Crippen LogP) is 18.8. The van der Waals surface area contributed by atoms with Crippen LogP contribution in [-0.2, 0) is 63.8 Å².